The zero-order valence-corrected chi connectivity index (χ0v) is 15.4. The number of nitrogens with one attached hydrogen (secondary N) is 1. The molecule has 7 nitrogen and oxygen atoms in total. The molecule has 1 aliphatic rings. The number of aliphatic hydroxyl groups excluding tert-OH is 1. The molecule has 0 saturated carbocycles. The van der Waals surface area contributed by atoms with E-state index in [-0.39, 0.29) is 12.2 Å². The van der Waals surface area contributed by atoms with Crippen LogP contribution in [0.2, 0.25) is 0 Å². The van der Waals surface area contributed by atoms with Gasteiger partial charge in [-0.15, -0.1) is 0 Å². The summed E-state index contributed by atoms with van der Waals surface area (Å²) in [7, 11) is 0. The molecule has 138 valence electrons. The normalized spacial score (nSPS) is 16.2. The number of aliphatic hydroxyl groups is 1. The van der Waals surface area contributed by atoms with Crippen molar-refractivity contribution < 1.29 is 14.3 Å². The van der Waals surface area contributed by atoms with Crippen molar-refractivity contribution in [1.82, 2.24) is 15.0 Å². The predicted molar refractivity (Wildman–Crippen MR) is 99.2 cm³/mol. The van der Waals surface area contributed by atoms with Gasteiger partial charge in [-0.3, -0.25) is 0 Å². The molecule has 0 fully saturated rings. The molecule has 0 saturated heterocycles. The van der Waals surface area contributed by atoms with Crippen LogP contribution >= 0.6 is 0 Å². The second-order valence-electron chi connectivity index (χ2n) is 7.32. The number of hydrogen-bond acceptors (Lipinski definition) is 7. The van der Waals surface area contributed by atoms with Crippen LogP contribution < -0.4 is 5.32 Å². The summed E-state index contributed by atoms with van der Waals surface area (Å²) in [6.07, 6.45) is 4.21. The third-order valence-corrected chi connectivity index (χ3v) is 4.80. The fourth-order valence-electron chi connectivity index (χ4n) is 3.62. The summed E-state index contributed by atoms with van der Waals surface area (Å²) < 4.78 is 12.1. The van der Waals surface area contributed by atoms with E-state index in [4.69, 9.17) is 19.2 Å². The van der Waals surface area contributed by atoms with E-state index < -0.39 is 0 Å². The minimum atomic E-state index is -0.237. The summed E-state index contributed by atoms with van der Waals surface area (Å²) in [6, 6.07) is 0. The summed E-state index contributed by atoms with van der Waals surface area (Å²) in [5, 5.41) is 13.1. The second kappa shape index (κ2) is 6.48. The third-order valence-electron chi connectivity index (χ3n) is 4.80. The van der Waals surface area contributed by atoms with Crippen molar-refractivity contribution >= 4 is 28.0 Å². The Kier molecular flexibility index (Phi) is 4.28. The van der Waals surface area contributed by atoms with Crippen LogP contribution in [0.25, 0.3) is 22.2 Å². The van der Waals surface area contributed by atoms with Crippen molar-refractivity contribution in [1.29, 1.82) is 0 Å². The average Bonchev–Trinajstić information content (AvgIpc) is 2.98. The molecule has 26 heavy (non-hydrogen) atoms. The molecule has 0 amide bonds. The van der Waals surface area contributed by atoms with E-state index in [0.717, 1.165) is 35.9 Å². The topological polar surface area (TPSA) is 93.3 Å². The maximum absolute atomic E-state index is 9.09. The van der Waals surface area contributed by atoms with Gasteiger partial charge in [-0.25, -0.2) is 15.0 Å². The Bertz CT molecular complexity index is 964. The molecule has 0 aromatic carbocycles. The molecule has 0 atom stereocenters. The smallest absolute Gasteiger partial charge is 0.229 e. The molecule has 4 heterocycles. The van der Waals surface area contributed by atoms with Crippen LogP contribution in [0.5, 0.6) is 0 Å². The molecule has 0 bridgehead atoms. The zero-order valence-electron chi connectivity index (χ0n) is 15.4. The number of anilines is 1. The molecule has 4 rings (SSSR count). The molecule has 3 aromatic heterocycles. The third kappa shape index (κ3) is 2.81. The zero-order chi connectivity index (χ0) is 18.3. The average molecular weight is 356 g/mol. The quantitative estimate of drug-likeness (QED) is 0.726. The van der Waals surface area contributed by atoms with Gasteiger partial charge in [0, 0.05) is 18.5 Å². The molecule has 0 radical (unpaired) electrons. The Morgan fingerprint density at radius 3 is 2.88 bits per heavy atom. The van der Waals surface area contributed by atoms with Gasteiger partial charge in [-0.1, -0.05) is 13.3 Å². The van der Waals surface area contributed by atoms with Gasteiger partial charge in [-0.2, -0.15) is 0 Å². The van der Waals surface area contributed by atoms with Gasteiger partial charge < -0.3 is 19.6 Å². The fourth-order valence-corrected chi connectivity index (χ4v) is 3.62. The molecule has 1 aliphatic heterocycles. The minimum Gasteiger partial charge on any atom is -0.432 e. The molecular weight excluding hydrogens is 332 g/mol. The first-order chi connectivity index (χ1) is 12.5. The van der Waals surface area contributed by atoms with Gasteiger partial charge in [0.2, 0.25) is 5.71 Å². The van der Waals surface area contributed by atoms with Gasteiger partial charge in [-0.05, 0) is 25.8 Å². The lowest BCUT2D eigenvalue weighted by atomic mass is 9.88. The highest BCUT2D eigenvalue weighted by molar-refractivity contribution is 6.06. The molecular formula is C19H24N4O3. The van der Waals surface area contributed by atoms with E-state index in [1.165, 1.54) is 17.5 Å². The van der Waals surface area contributed by atoms with E-state index in [2.05, 4.69) is 36.1 Å². The maximum atomic E-state index is 9.09. The van der Waals surface area contributed by atoms with E-state index >= 15 is 0 Å². The fraction of sp³-hybridized carbons (Fsp3) is 0.526. The van der Waals surface area contributed by atoms with Crippen LogP contribution in [0, 0.1) is 0 Å². The number of ether oxygens (including phenoxy) is 1. The van der Waals surface area contributed by atoms with Crippen molar-refractivity contribution in [2.75, 3.05) is 18.5 Å². The SMILES string of the molecule is CCCc1nc2oc3c(NCCO)ncnc3c2c2c1COC(C)(C)C2. The van der Waals surface area contributed by atoms with Crippen molar-refractivity contribution in [2.45, 2.75) is 52.2 Å². The Morgan fingerprint density at radius 1 is 1.27 bits per heavy atom. The van der Waals surface area contributed by atoms with E-state index in [1.807, 2.05) is 0 Å². The number of fused-ring (bicyclic) bond motifs is 5. The van der Waals surface area contributed by atoms with Crippen molar-refractivity contribution in [3.8, 4) is 0 Å². The predicted octanol–water partition coefficient (Wildman–Crippen LogP) is 2.98. The number of aromatic nitrogens is 3. The Hall–Kier alpha value is -2.25. The van der Waals surface area contributed by atoms with E-state index in [0.29, 0.717) is 30.3 Å². The minimum absolute atomic E-state index is 0.0194. The number of furan rings is 1. The highest BCUT2D eigenvalue weighted by atomic mass is 16.5. The molecule has 3 aromatic rings. The van der Waals surface area contributed by atoms with Crippen molar-refractivity contribution in [3.05, 3.63) is 23.1 Å². The first-order valence-electron chi connectivity index (χ1n) is 9.10. The van der Waals surface area contributed by atoms with Crippen LogP contribution in [0.3, 0.4) is 0 Å². The summed E-state index contributed by atoms with van der Waals surface area (Å²) >= 11 is 0. The van der Waals surface area contributed by atoms with Crippen LogP contribution in [-0.2, 0) is 24.2 Å². The maximum Gasteiger partial charge on any atom is 0.229 e. The molecule has 0 spiro atoms. The highest BCUT2D eigenvalue weighted by Gasteiger charge is 2.32. The first-order valence-corrected chi connectivity index (χ1v) is 9.10. The van der Waals surface area contributed by atoms with Gasteiger partial charge in [0.05, 0.1) is 29.9 Å². The number of pyridine rings is 1. The van der Waals surface area contributed by atoms with Crippen LogP contribution in [0.1, 0.15) is 44.0 Å². The lowest BCUT2D eigenvalue weighted by Gasteiger charge is -2.33. The molecule has 7 heteroatoms. The molecule has 2 N–H and O–H groups in total. The highest BCUT2D eigenvalue weighted by Crippen LogP contribution is 2.39. The van der Waals surface area contributed by atoms with E-state index in [1.54, 1.807) is 0 Å². The molecule has 0 unspecified atom stereocenters. The van der Waals surface area contributed by atoms with Crippen LogP contribution in [0.15, 0.2) is 10.7 Å². The lowest BCUT2D eigenvalue weighted by Crippen LogP contribution is -2.32. The van der Waals surface area contributed by atoms with Crippen molar-refractivity contribution in [2.24, 2.45) is 0 Å². The number of rotatable bonds is 5. The number of aryl methyl sites for hydroxylation is 1. The largest absolute Gasteiger partial charge is 0.432 e. The Balaban J connectivity index is 2.00. The Labute approximate surface area is 151 Å². The van der Waals surface area contributed by atoms with Gasteiger partial charge in [0.25, 0.3) is 0 Å². The van der Waals surface area contributed by atoms with Gasteiger partial charge in [0.15, 0.2) is 11.4 Å². The van der Waals surface area contributed by atoms with Crippen molar-refractivity contribution in [3.63, 3.8) is 0 Å². The summed E-state index contributed by atoms with van der Waals surface area (Å²) in [6.45, 7) is 7.34. The molecule has 0 aliphatic carbocycles. The standard InChI is InChI=1S/C19H24N4O3/c1-4-5-13-12-9-25-19(2,3)8-11(12)14-15-16(26-18(14)23-13)17(20-6-7-24)22-10-21-15/h10,24H,4-9H2,1-3H3,(H,20,21,22). The van der Waals surface area contributed by atoms with Gasteiger partial charge >= 0.3 is 0 Å². The van der Waals surface area contributed by atoms with Crippen LogP contribution in [0.4, 0.5) is 5.82 Å². The number of nitrogens with zero attached hydrogens (tertiary/aromatic N) is 3. The first kappa shape index (κ1) is 17.2. The lowest BCUT2D eigenvalue weighted by molar-refractivity contribution is -0.0401. The second-order valence-corrected chi connectivity index (χ2v) is 7.32. The Morgan fingerprint density at radius 2 is 2.12 bits per heavy atom. The van der Waals surface area contributed by atoms with E-state index in [9.17, 15) is 0 Å². The summed E-state index contributed by atoms with van der Waals surface area (Å²) in [4.78, 5) is 13.5. The summed E-state index contributed by atoms with van der Waals surface area (Å²) in [5.74, 6) is 0.583. The van der Waals surface area contributed by atoms with Crippen LogP contribution in [-0.4, -0.2) is 38.8 Å². The number of hydrogen-bond donors (Lipinski definition) is 2. The summed E-state index contributed by atoms with van der Waals surface area (Å²) in [5.41, 5.74) is 5.16. The van der Waals surface area contributed by atoms with Gasteiger partial charge in [0.1, 0.15) is 11.8 Å². The monoisotopic (exact) mass is 356 g/mol.